The fraction of sp³-hybridized carbons (Fsp3) is 0.300. The van der Waals surface area contributed by atoms with E-state index >= 15 is 0 Å². The number of anilines is 2. The number of hydrogen-bond donors (Lipinski definition) is 1. The van der Waals surface area contributed by atoms with Crippen molar-refractivity contribution < 1.29 is 14.3 Å². The molecule has 0 radical (unpaired) electrons. The summed E-state index contributed by atoms with van der Waals surface area (Å²) in [5.41, 5.74) is 4.50. The largest absolute Gasteiger partial charge is 0.347 e. The Kier molecular flexibility index (Phi) is 5.74. The molecule has 2 aromatic rings. The summed E-state index contributed by atoms with van der Waals surface area (Å²) in [6, 6.07) is 10.9. The van der Waals surface area contributed by atoms with E-state index in [1.165, 1.54) is 0 Å². The molecular weight excluding hydrogens is 476 g/mol. The van der Waals surface area contributed by atoms with Crippen molar-refractivity contribution in [2.45, 2.75) is 32.9 Å². The monoisotopic (exact) mass is 494 g/mol. The quantitative estimate of drug-likeness (QED) is 0.529. The van der Waals surface area contributed by atoms with Crippen LogP contribution >= 0.6 is 31.9 Å². The van der Waals surface area contributed by atoms with Gasteiger partial charge in [-0.05, 0) is 50.2 Å². The van der Waals surface area contributed by atoms with Crippen molar-refractivity contribution in [2.24, 2.45) is 0 Å². The number of ether oxygens (including phenoxy) is 1. The highest BCUT2D eigenvalue weighted by Gasteiger charge is 2.49. The SMILES string of the molecule is CCOC1(C)C(=O)c2ccc(Br)cc2N1Nc1cc(Br)ccc1C(=O)CC. The number of rotatable bonds is 6. The van der Waals surface area contributed by atoms with E-state index in [0.29, 0.717) is 35.5 Å². The highest BCUT2D eigenvalue weighted by atomic mass is 79.9. The molecular formula is C20H20Br2N2O3. The second kappa shape index (κ2) is 7.73. The lowest BCUT2D eigenvalue weighted by Gasteiger charge is -2.36. The lowest BCUT2D eigenvalue weighted by Crippen LogP contribution is -2.53. The van der Waals surface area contributed by atoms with E-state index in [-0.39, 0.29) is 11.6 Å². The van der Waals surface area contributed by atoms with E-state index < -0.39 is 5.72 Å². The second-order valence-electron chi connectivity index (χ2n) is 6.32. The van der Waals surface area contributed by atoms with E-state index in [1.54, 1.807) is 24.1 Å². The van der Waals surface area contributed by atoms with Crippen molar-refractivity contribution in [3.63, 3.8) is 0 Å². The summed E-state index contributed by atoms with van der Waals surface area (Å²) in [6.07, 6.45) is 0.389. The molecule has 2 aromatic carbocycles. The summed E-state index contributed by atoms with van der Waals surface area (Å²) < 4.78 is 7.55. The van der Waals surface area contributed by atoms with Crippen molar-refractivity contribution in [1.29, 1.82) is 0 Å². The number of carbonyl (C=O) groups excluding carboxylic acids is 2. The minimum Gasteiger partial charge on any atom is -0.347 e. The van der Waals surface area contributed by atoms with Gasteiger partial charge in [0.05, 0.1) is 11.4 Å². The molecule has 0 spiro atoms. The fourth-order valence-electron chi connectivity index (χ4n) is 3.20. The summed E-state index contributed by atoms with van der Waals surface area (Å²) >= 11 is 6.92. The standard InChI is InChI=1S/C20H20Br2N2O3/c1-4-18(25)14-8-6-12(21)10-16(14)23-24-17-11-13(22)7-9-15(17)19(26)20(24,3)27-5-2/h6-11,23H,4-5H2,1-3H3. The first-order valence-electron chi connectivity index (χ1n) is 8.69. The molecule has 1 atom stereocenters. The van der Waals surface area contributed by atoms with Crippen molar-refractivity contribution in [1.82, 2.24) is 0 Å². The Morgan fingerprint density at radius 2 is 1.81 bits per heavy atom. The van der Waals surface area contributed by atoms with Crippen molar-refractivity contribution in [3.05, 3.63) is 56.5 Å². The van der Waals surface area contributed by atoms with Gasteiger partial charge in [-0.2, -0.15) is 0 Å². The lowest BCUT2D eigenvalue weighted by molar-refractivity contribution is -0.00443. The van der Waals surface area contributed by atoms with Crippen LogP contribution in [0, 0.1) is 0 Å². The molecule has 27 heavy (non-hydrogen) atoms. The smallest absolute Gasteiger partial charge is 0.220 e. The minimum absolute atomic E-state index is 0.0168. The van der Waals surface area contributed by atoms with Gasteiger partial charge in [-0.1, -0.05) is 38.8 Å². The predicted molar refractivity (Wildman–Crippen MR) is 113 cm³/mol. The number of nitrogens with zero attached hydrogens (tertiary/aromatic N) is 1. The third kappa shape index (κ3) is 3.56. The first kappa shape index (κ1) is 20.0. The molecule has 0 fully saturated rings. The number of halogens is 2. The van der Waals surface area contributed by atoms with E-state index in [1.807, 2.05) is 38.1 Å². The zero-order valence-electron chi connectivity index (χ0n) is 15.3. The third-order valence-electron chi connectivity index (χ3n) is 4.55. The van der Waals surface area contributed by atoms with Crippen LogP contribution in [0.5, 0.6) is 0 Å². The number of Topliss-reactive ketones (excluding diaryl/α,β-unsaturated/α-hetero) is 2. The van der Waals surface area contributed by atoms with Crippen LogP contribution in [0.15, 0.2) is 45.3 Å². The summed E-state index contributed by atoms with van der Waals surface area (Å²) in [7, 11) is 0. The van der Waals surface area contributed by atoms with E-state index in [9.17, 15) is 9.59 Å². The van der Waals surface area contributed by atoms with E-state index in [0.717, 1.165) is 8.95 Å². The van der Waals surface area contributed by atoms with Gasteiger partial charge in [0.15, 0.2) is 5.78 Å². The molecule has 0 amide bonds. The van der Waals surface area contributed by atoms with Gasteiger partial charge in [0.25, 0.3) is 0 Å². The number of nitrogens with one attached hydrogen (secondary N) is 1. The molecule has 1 heterocycles. The van der Waals surface area contributed by atoms with Crippen molar-refractivity contribution in [2.75, 3.05) is 17.0 Å². The molecule has 1 aliphatic heterocycles. The van der Waals surface area contributed by atoms with E-state index in [2.05, 4.69) is 37.3 Å². The minimum atomic E-state index is -1.22. The molecule has 1 aliphatic rings. The van der Waals surface area contributed by atoms with Crippen LogP contribution in [-0.2, 0) is 4.74 Å². The summed E-state index contributed by atoms with van der Waals surface area (Å²) in [4.78, 5) is 25.5. The van der Waals surface area contributed by atoms with Gasteiger partial charge in [0.2, 0.25) is 11.5 Å². The molecule has 0 saturated carbocycles. The summed E-state index contributed by atoms with van der Waals surface area (Å²) in [6.45, 7) is 5.78. The molecule has 0 saturated heterocycles. The van der Waals surface area contributed by atoms with Gasteiger partial charge < -0.3 is 4.74 Å². The van der Waals surface area contributed by atoms with Crippen LogP contribution in [0.2, 0.25) is 0 Å². The number of benzene rings is 2. The van der Waals surface area contributed by atoms with Gasteiger partial charge in [0.1, 0.15) is 0 Å². The lowest BCUT2D eigenvalue weighted by atomic mass is 10.1. The third-order valence-corrected chi connectivity index (χ3v) is 5.54. The maximum absolute atomic E-state index is 13.1. The number of ketones is 2. The van der Waals surface area contributed by atoms with Crippen molar-refractivity contribution >= 4 is 54.8 Å². The molecule has 3 rings (SSSR count). The number of hydrogen-bond acceptors (Lipinski definition) is 5. The second-order valence-corrected chi connectivity index (χ2v) is 8.15. The number of fused-ring (bicyclic) bond motifs is 1. The number of hydrazine groups is 1. The average molecular weight is 496 g/mol. The highest BCUT2D eigenvalue weighted by Crippen LogP contribution is 2.41. The summed E-state index contributed by atoms with van der Waals surface area (Å²) in [5.74, 6) is -0.110. The highest BCUT2D eigenvalue weighted by molar-refractivity contribution is 9.10. The zero-order chi connectivity index (χ0) is 19.8. The molecule has 0 aliphatic carbocycles. The Morgan fingerprint density at radius 1 is 1.15 bits per heavy atom. The first-order chi connectivity index (χ1) is 12.8. The number of carbonyl (C=O) groups is 2. The Labute approximate surface area is 175 Å². The first-order valence-corrected chi connectivity index (χ1v) is 10.3. The van der Waals surface area contributed by atoms with Gasteiger partial charge in [0, 0.05) is 33.1 Å². The molecule has 1 N–H and O–H groups in total. The van der Waals surface area contributed by atoms with Gasteiger partial charge >= 0.3 is 0 Å². The van der Waals surface area contributed by atoms with Gasteiger partial charge in [-0.3, -0.25) is 15.0 Å². The van der Waals surface area contributed by atoms with Crippen LogP contribution < -0.4 is 10.4 Å². The average Bonchev–Trinajstić information content (AvgIpc) is 2.83. The Hall–Kier alpha value is -1.70. The van der Waals surface area contributed by atoms with Crippen LogP contribution in [0.4, 0.5) is 11.4 Å². The Morgan fingerprint density at radius 3 is 2.48 bits per heavy atom. The van der Waals surface area contributed by atoms with Crippen LogP contribution in [0.3, 0.4) is 0 Å². The van der Waals surface area contributed by atoms with E-state index in [4.69, 9.17) is 4.74 Å². The molecule has 142 valence electrons. The maximum atomic E-state index is 13.1. The molecule has 0 aromatic heterocycles. The molecule has 1 unspecified atom stereocenters. The van der Waals surface area contributed by atoms with Gasteiger partial charge in [-0.15, -0.1) is 0 Å². The molecule has 7 heteroatoms. The van der Waals surface area contributed by atoms with Crippen molar-refractivity contribution in [3.8, 4) is 0 Å². The molecule has 5 nitrogen and oxygen atoms in total. The molecule has 0 bridgehead atoms. The zero-order valence-corrected chi connectivity index (χ0v) is 18.5. The summed E-state index contributed by atoms with van der Waals surface area (Å²) in [5, 5.41) is 1.70. The van der Waals surface area contributed by atoms with Gasteiger partial charge in [-0.25, -0.2) is 5.01 Å². The fourth-order valence-corrected chi connectivity index (χ4v) is 3.91. The predicted octanol–water partition coefficient (Wildman–Crippen LogP) is 5.59. The Bertz CT molecular complexity index is 916. The van der Waals surface area contributed by atoms with Crippen LogP contribution in [0.25, 0.3) is 0 Å². The maximum Gasteiger partial charge on any atom is 0.220 e. The topological polar surface area (TPSA) is 58.6 Å². The Balaban J connectivity index is 2.12. The normalized spacial score (nSPS) is 18.6. The van der Waals surface area contributed by atoms with Crippen LogP contribution in [-0.4, -0.2) is 23.9 Å². The van der Waals surface area contributed by atoms with Crippen LogP contribution in [0.1, 0.15) is 47.9 Å².